The molecule has 0 saturated carbocycles. The topological polar surface area (TPSA) is 120 Å². The molecule has 0 aliphatic heterocycles. The van der Waals surface area contributed by atoms with Crippen molar-refractivity contribution in [1.29, 1.82) is 0 Å². The Morgan fingerprint density at radius 2 is 1.48 bits per heavy atom. The fraction of sp³-hybridized carbons (Fsp3) is 0.667. The molecule has 2 rings (SSSR count). The minimum absolute atomic E-state index is 0.0191. The second-order valence-electron chi connectivity index (χ2n) is 4.81. The monoisotopic (exact) mass is 356 g/mol. The van der Waals surface area contributed by atoms with Crippen molar-refractivity contribution in [1.82, 2.24) is 0 Å². The molecule has 6 nitrogen and oxygen atoms in total. The Morgan fingerprint density at radius 3 is 1.76 bits per heavy atom. The zero-order valence-corrected chi connectivity index (χ0v) is 13.9. The van der Waals surface area contributed by atoms with Gasteiger partial charge in [0.05, 0.1) is 27.4 Å². The molecule has 0 aromatic heterocycles. The number of hydrogen-bond acceptors (Lipinski definition) is 6. The van der Waals surface area contributed by atoms with Gasteiger partial charge in [0, 0.05) is 13.1 Å². The van der Waals surface area contributed by atoms with Crippen LogP contribution in [0.5, 0.6) is 0 Å². The van der Waals surface area contributed by atoms with E-state index in [0.29, 0.717) is 6.42 Å². The number of nitrogens with two attached hydrogens (primary N) is 2. The van der Waals surface area contributed by atoms with E-state index < -0.39 is 24.9 Å². The molecule has 2 aliphatic carbocycles. The molecule has 0 bridgehead atoms. The summed E-state index contributed by atoms with van der Waals surface area (Å²) in [5.41, 5.74) is 10.3. The van der Waals surface area contributed by atoms with Crippen LogP contribution in [0.4, 0.5) is 0 Å². The first kappa shape index (κ1) is 18.6. The number of rotatable bonds is 6. The van der Waals surface area contributed by atoms with Crippen LogP contribution < -0.4 is 11.5 Å². The molecule has 0 amide bonds. The molecule has 3 unspecified atom stereocenters. The highest BCUT2D eigenvalue weighted by Crippen LogP contribution is 2.23. The maximum Gasteiger partial charge on any atom is 0.159 e. The van der Waals surface area contributed by atoms with Crippen LogP contribution in [0.1, 0.15) is 6.42 Å². The van der Waals surface area contributed by atoms with Crippen molar-refractivity contribution in [3.8, 4) is 0 Å². The summed E-state index contributed by atoms with van der Waals surface area (Å²) in [5.74, 6) is 0.132. The van der Waals surface area contributed by atoms with Crippen molar-refractivity contribution < 1.29 is 16.8 Å². The van der Waals surface area contributed by atoms with Gasteiger partial charge in [0.1, 0.15) is 0 Å². The lowest BCUT2D eigenvalue weighted by Gasteiger charge is -2.23. The molecule has 0 heterocycles. The first-order chi connectivity index (χ1) is 9.74. The van der Waals surface area contributed by atoms with Crippen LogP contribution in [0.3, 0.4) is 0 Å². The van der Waals surface area contributed by atoms with Gasteiger partial charge in [-0.3, -0.25) is 0 Å². The summed E-state index contributed by atoms with van der Waals surface area (Å²) < 4.78 is 44.6. The summed E-state index contributed by atoms with van der Waals surface area (Å²) in [6.07, 6.45) is 7.51. The third-order valence-corrected chi connectivity index (χ3v) is 7.93. The third kappa shape index (κ3) is 5.07. The molecule has 0 fully saturated rings. The first-order valence-corrected chi connectivity index (χ1v) is 10.4. The second kappa shape index (κ2) is 7.73. The highest BCUT2D eigenvalue weighted by atomic mass is 35.5. The molecular weight excluding hydrogens is 336 g/mol. The van der Waals surface area contributed by atoms with Crippen LogP contribution in [0, 0.1) is 0 Å². The molecule has 3 atom stereocenters. The highest BCUT2D eigenvalue weighted by Gasteiger charge is 2.33. The van der Waals surface area contributed by atoms with Gasteiger partial charge in [-0.15, -0.1) is 11.6 Å². The van der Waals surface area contributed by atoms with E-state index in [0.717, 1.165) is 0 Å². The van der Waals surface area contributed by atoms with E-state index in [2.05, 4.69) is 0 Å². The fourth-order valence-corrected chi connectivity index (χ4v) is 5.18. The Balaban J connectivity index is 0.000000211. The predicted octanol–water partition coefficient (Wildman–Crippen LogP) is -0.406. The highest BCUT2D eigenvalue weighted by molar-refractivity contribution is 7.92. The van der Waals surface area contributed by atoms with E-state index in [9.17, 15) is 16.8 Å². The van der Waals surface area contributed by atoms with Crippen LogP contribution in [0.15, 0.2) is 24.3 Å². The van der Waals surface area contributed by atoms with Crippen LogP contribution >= 0.6 is 11.6 Å². The van der Waals surface area contributed by atoms with Crippen molar-refractivity contribution in [3.63, 3.8) is 0 Å². The lowest BCUT2D eigenvalue weighted by molar-refractivity contribution is 0.583. The number of halogens is 1. The molecule has 0 aromatic carbocycles. The summed E-state index contributed by atoms with van der Waals surface area (Å²) >= 11 is 5.63. The van der Waals surface area contributed by atoms with E-state index in [1.165, 1.54) is 0 Å². The number of allylic oxidation sites excluding steroid dienone is 2. The normalized spacial score (nSPS) is 27.3. The molecule has 2 aliphatic rings. The minimum Gasteiger partial charge on any atom is -0.329 e. The van der Waals surface area contributed by atoms with Crippen molar-refractivity contribution in [3.05, 3.63) is 24.3 Å². The molecular formula is C12H21ClN2O4S2. The van der Waals surface area contributed by atoms with Crippen molar-refractivity contribution >= 4 is 31.3 Å². The van der Waals surface area contributed by atoms with Gasteiger partial charge in [-0.25, -0.2) is 16.8 Å². The van der Waals surface area contributed by atoms with Gasteiger partial charge in [0.15, 0.2) is 19.7 Å². The predicted molar refractivity (Wildman–Crippen MR) is 85.8 cm³/mol. The lowest BCUT2D eigenvalue weighted by atomic mass is 10.1. The molecule has 0 spiro atoms. The van der Waals surface area contributed by atoms with Gasteiger partial charge in [0.2, 0.25) is 0 Å². The van der Waals surface area contributed by atoms with Crippen LogP contribution in [0.25, 0.3) is 0 Å². The van der Waals surface area contributed by atoms with E-state index in [-0.39, 0.29) is 35.2 Å². The fourth-order valence-electron chi connectivity index (χ4n) is 1.73. The summed E-state index contributed by atoms with van der Waals surface area (Å²) in [7, 11) is -5.95. The average Bonchev–Trinajstić information content (AvgIpc) is 2.23. The van der Waals surface area contributed by atoms with Gasteiger partial charge >= 0.3 is 0 Å². The number of alkyl halides is 1. The number of sulfone groups is 2. The first-order valence-electron chi connectivity index (χ1n) is 6.57. The Bertz CT molecular complexity index is 599. The standard InChI is InChI=1S/C6H10ClNO2S.C6H11NO2S/c7-5-1-2-6(5)11(9,10)4-3-8;7-4-5-10(8,9)6-2-1-3-6/h1-2,5-6H,3-4,8H2;1-2,6H,3-5,7H2. The van der Waals surface area contributed by atoms with Crippen molar-refractivity contribution in [2.75, 3.05) is 24.6 Å². The van der Waals surface area contributed by atoms with Crippen molar-refractivity contribution in [2.45, 2.75) is 22.3 Å². The zero-order valence-electron chi connectivity index (χ0n) is 11.6. The van der Waals surface area contributed by atoms with E-state index in [4.69, 9.17) is 23.1 Å². The Kier molecular flexibility index (Phi) is 6.86. The molecule has 0 aromatic rings. The van der Waals surface area contributed by atoms with Gasteiger partial charge in [-0.2, -0.15) is 0 Å². The molecule has 21 heavy (non-hydrogen) atoms. The largest absolute Gasteiger partial charge is 0.329 e. The van der Waals surface area contributed by atoms with E-state index in [1.807, 2.05) is 6.08 Å². The molecule has 0 radical (unpaired) electrons. The second-order valence-corrected chi connectivity index (χ2v) is 9.93. The molecule has 0 saturated heterocycles. The average molecular weight is 357 g/mol. The van der Waals surface area contributed by atoms with E-state index in [1.54, 1.807) is 18.2 Å². The maximum absolute atomic E-state index is 11.2. The van der Waals surface area contributed by atoms with Crippen LogP contribution in [0.2, 0.25) is 0 Å². The Labute approximate surface area is 131 Å². The van der Waals surface area contributed by atoms with Crippen LogP contribution in [-0.4, -0.2) is 57.3 Å². The smallest absolute Gasteiger partial charge is 0.159 e. The summed E-state index contributed by atoms with van der Waals surface area (Å²) in [6.45, 7) is 0.392. The summed E-state index contributed by atoms with van der Waals surface area (Å²) in [4.78, 5) is 0. The maximum atomic E-state index is 11.2. The lowest BCUT2D eigenvalue weighted by Crippen LogP contribution is -2.37. The quantitative estimate of drug-likeness (QED) is 0.493. The minimum atomic E-state index is -3.07. The van der Waals surface area contributed by atoms with Crippen LogP contribution in [-0.2, 0) is 19.7 Å². The number of hydrogen-bond donors (Lipinski definition) is 2. The van der Waals surface area contributed by atoms with Gasteiger partial charge < -0.3 is 11.5 Å². The SMILES string of the molecule is NCCS(=O)(=O)C1C=CC1.NCCS(=O)(=O)C1C=CC1Cl. The zero-order chi connectivity index (χ0) is 16.1. The molecule has 122 valence electrons. The van der Waals surface area contributed by atoms with Gasteiger partial charge in [-0.05, 0) is 6.42 Å². The Hall–Kier alpha value is -0.410. The van der Waals surface area contributed by atoms with Crippen molar-refractivity contribution in [2.24, 2.45) is 11.5 Å². The van der Waals surface area contributed by atoms with Gasteiger partial charge in [0.25, 0.3) is 0 Å². The van der Waals surface area contributed by atoms with E-state index >= 15 is 0 Å². The van der Waals surface area contributed by atoms with Gasteiger partial charge in [-0.1, -0.05) is 24.3 Å². The summed E-state index contributed by atoms with van der Waals surface area (Å²) in [5, 5.41) is -1.10. The molecule has 9 heteroatoms. The summed E-state index contributed by atoms with van der Waals surface area (Å²) in [6, 6.07) is 0. The third-order valence-electron chi connectivity index (χ3n) is 3.20. The molecule has 4 N–H and O–H groups in total. The Morgan fingerprint density at radius 1 is 0.952 bits per heavy atom.